The van der Waals surface area contributed by atoms with E-state index in [9.17, 15) is 96.3 Å². The maximum Gasteiger partial charge on any atom is 0.243 e. The number of guanidine groups is 1. The minimum Gasteiger partial charge on any atom is -0.508 e. The van der Waals surface area contributed by atoms with Gasteiger partial charge < -0.3 is 128 Å². The number of fused-ring (bicyclic) bond motifs is 1. The molecule has 2 unspecified atom stereocenters. The zero-order valence-corrected chi connectivity index (χ0v) is 76.6. The number of unbranched alkanes of at least 4 members (excludes halogenated alkanes) is 2. The van der Waals surface area contributed by atoms with E-state index in [0.717, 1.165) is 23.7 Å². The molecule has 0 aliphatic rings. The lowest BCUT2D eigenvalue weighted by atomic mass is 10.00. The van der Waals surface area contributed by atoms with Crippen molar-refractivity contribution in [2.45, 2.75) is 192 Å². The summed E-state index contributed by atoms with van der Waals surface area (Å²) in [5.41, 5.74) is 19.0. The second-order valence-corrected chi connectivity index (χ2v) is 33.2. The van der Waals surface area contributed by atoms with Crippen LogP contribution in [0.4, 0.5) is 0 Å². The summed E-state index contributed by atoms with van der Waals surface area (Å²) in [7, 11) is 0. The number of thioether (sulfide) groups is 1. The van der Waals surface area contributed by atoms with Crippen LogP contribution in [0.1, 0.15) is 129 Å². The van der Waals surface area contributed by atoms with Gasteiger partial charge in [-0.3, -0.25) is 91.7 Å². The molecule has 0 radical (unpaired) electrons. The van der Waals surface area contributed by atoms with Crippen molar-refractivity contribution in [1.82, 2.24) is 106 Å². The van der Waals surface area contributed by atoms with Crippen LogP contribution in [0.25, 0.3) is 10.9 Å². The first-order chi connectivity index (χ1) is 62.9. The molecule has 45 nitrogen and oxygen atoms in total. The van der Waals surface area contributed by atoms with Gasteiger partial charge in [0, 0.05) is 49.5 Å². The molecule has 0 bridgehead atoms. The van der Waals surface area contributed by atoms with Crippen LogP contribution < -0.4 is 118 Å². The Morgan fingerprint density at radius 2 is 0.826 bits per heavy atom. The van der Waals surface area contributed by atoms with Crippen LogP contribution in [0.3, 0.4) is 0 Å². The molecule has 4 rings (SSSR count). The molecule has 1 heterocycles. The summed E-state index contributed by atoms with van der Waals surface area (Å²) in [6, 6.07) is 7.83. The molecular formula is C86H131N25O20S. The average Bonchev–Trinajstić information content (AvgIpc) is 1.67. The number of H-pyrrole nitrogens is 1. The van der Waals surface area contributed by atoms with E-state index in [2.05, 4.69) is 111 Å². The Morgan fingerprint density at radius 3 is 1.35 bits per heavy atom. The molecule has 726 valence electrons. The Balaban J connectivity index is 1.42. The quantitative estimate of drug-likeness (QED) is 0.00853. The zero-order valence-electron chi connectivity index (χ0n) is 75.8. The van der Waals surface area contributed by atoms with Crippen molar-refractivity contribution >= 4 is 135 Å². The van der Waals surface area contributed by atoms with Gasteiger partial charge in [0.25, 0.3) is 0 Å². The van der Waals surface area contributed by atoms with Crippen LogP contribution in [-0.4, -0.2) is 273 Å². The van der Waals surface area contributed by atoms with E-state index in [0.29, 0.717) is 41.8 Å². The predicted octanol–water partition coefficient (Wildman–Crippen LogP) is -4.90. The number of benzene rings is 3. The van der Waals surface area contributed by atoms with Crippen molar-refractivity contribution in [2.24, 2.45) is 40.1 Å². The van der Waals surface area contributed by atoms with Gasteiger partial charge >= 0.3 is 0 Å². The number of aromatic hydroxyl groups is 1. The third-order valence-corrected chi connectivity index (χ3v) is 20.9. The average molecular weight is 1870 g/mol. The molecule has 0 aliphatic heterocycles. The van der Waals surface area contributed by atoms with Crippen molar-refractivity contribution in [3.8, 4) is 5.75 Å². The number of nitrogens with zero attached hydrogens (tertiary/aromatic N) is 1. The molecule has 28 N–H and O–H groups in total. The number of hydrogen-bond donors (Lipinski definition) is 25. The number of carbonyl (C=O) groups is 18. The van der Waals surface area contributed by atoms with E-state index in [1.807, 2.05) is 45.0 Å². The van der Waals surface area contributed by atoms with Crippen molar-refractivity contribution in [1.29, 1.82) is 5.41 Å². The first kappa shape index (κ1) is 111. The van der Waals surface area contributed by atoms with Crippen molar-refractivity contribution in [3.63, 3.8) is 0 Å². The fraction of sp³-hybridized carbons (Fsp3) is 0.547. The van der Waals surface area contributed by atoms with E-state index in [-0.39, 0.29) is 89.2 Å². The second-order valence-electron chi connectivity index (χ2n) is 32.2. The van der Waals surface area contributed by atoms with E-state index in [4.69, 9.17) is 22.6 Å². The molecule has 1 aromatic heterocycles. The van der Waals surface area contributed by atoms with Crippen molar-refractivity contribution in [2.75, 3.05) is 90.5 Å². The second kappa shape index (κ2) is 60.5. The topological polar surface area (TPSA) is 703 Å². The first-order valence-electron chi connectivity index (χ1n) is 43.7. The maximum atomic E-state index is 14.7. The number of nitrogens with two attached hydrogens (primary N) is 3. The summed E-state index contributed by atoms with van der Waals surface area (Å²) in [4.78, 5) is 259. The number of nitroso groups, excluding NO2 is 1. The molecule has 4 aromatic rings. The summed E-state index contributed by atoms with van der Waals surface area (Å²) in [6.07, 6.45) is 5.15. The molecule has 10 atom stereocenters. The third-order valence-electron chi connectivity index (χ3n) is 20.2. The number of hydrogen-bond acceptors (Lipinski definition) is 25. The number of amides is 18. The smallest absolute Gasteiger partial charge is 0.243 e. The van der Waals surface area contributed by atoms with Gasteiger partial charge in [0.05, 0.1) is 58.9 Å². The molecule has 0 saturated heterocycles. The lowest BCUT2D eigenvalue weighted by Crippen LogP contribution is -2.59. The Kier molecular flexibility index (Phi) is 50.8. The van der Waals surface area contributed by atoms with Gasteiger partial charge in [-0.2, -0.15) is 16.7 Å². The highest BCUT2D eigenvalue weighted by molar-refractivity contribution is 7.98. The highest BCUT2D eigenvalue weighted by Crippen LogP contribution is 2.21. The summed E-state index contributed by atoms with van der Waals surface area (Å²) < 4.78 is 0. The Bertz CT molecular complexity index is 4520. The van der Waals surface area contributed by atoms with Crippen LogP contribution in [-0.2, 0) is 106 Å². The zero-order chi connectivity index (χ0) is 97.8. The van der Waals surface area contributed by atoms with Crippen LogP contribution in [0.5, 0.6) is 5.75 Å². The SMILES string of the molecule is CCCCNC(=O)CNC(=O)[C@H](Cc1c[nH]c2ccccc12)NC(=O)[C@H](CCSC)NC(=O)CNC(=O)CNC(=O)[C@H](Cc1ccc(O)cc1)NC(=O)[C@H](Cc1ccccc1)NC(=O)[C@H](CCCNC(=N)N)NC(=O)CNC(=O)CNC(=O)[C@H](CCN=O)NC(=O)CNC(=O)C(NC(=O)[C@H](CCCCN)NC(=O)C(NC(=O)CNC(=O)[C@H](CC(C)C)NC(=O)CN)C(C)C)C(C)C. The normalized spacial score (nSPS) is 13.2. The van der Waals surface area contributed by atoms with Gasteiger partial charge in [-0.05, 0) is 129 Å². The number of aromatic nitrogens is 1. The van der Waals surface area contributed by atoms with Gasteiger partial charge in [0.1, 0.15) is 66.2 Å². The number of aromatic amines is 1. The van der Waals surface area contributed by atoms with Gasteiger partial charge in [-0.1, -0.05) is 121 Å². The predicted molar refractivity (Wildman–Crippen MR) is 491 cm³/mol. The molecule has 3 aromatic carbocycles. The summed E-state index contributed by atoms with van der Waals surface area (Å²) in [5, 5.41) is 69.3. The monoisotopic (exact) mass is 1870 g/mol. The molecule has 0 fully saturated rings. The molecule has 0 aliphatic carbocycles. The minimum atomic E-state index is -1.55. The highest BCUT2D eigenvalue weighted by Gasteiger charge is 2.36. The number of phenolic OH excluding ortho intramolecular Hbond substituents is 1. The molecule has 18 amide bonds. The molecule has 0 spiro atoms. The molecule has 46 heteroatoms. The standard InChI is InChI=1S/C86H131N25O20S/c1-9-10-32-91-67(114)42-97-79(124)65(39-54-41-93-57-22-15-14-21-56(54)57)109-81(126)61(30-35-132-8)104-71(118)46-95-69(116)44-98-78(123)63(38-53-25-27-55(112)28-26-53)107-83(128)64(37-52-19-12-11-13-20-52)108-80(125)58(24-18-33-92-86(89)90)102-70(117)45-94-68(115)43-96-76(121)60(29-34-101-131)103-72(119)47-100-84(129)74(50(4)5)111-82(127)59(23-16-17-31-87)106-85(130)75(51(6)7)110-73(120)48-99-77(122)62(36-49(2)3)105-66(113)40-88/h11-15,19-22,25-28,41,49-51,58-65,74-75,93,112H,9-10,16-18,23-24,29-40,42-48,87-88H2,1-8H3,(H,91,114)(H,94,115)(H,95,116)(H,96,121)(H,97,124)(H,98,123)(H,99,122)(H,100,129)(H,102,117)(H,103,119)(H,104,118)(H,105,113)(H,106,130)(H,107,128)(H,108,125)(H,109,126)(H,110,120)(H,111,127)(H4,89,90,92)/t58-,59-,60-,61-,62-,63-,64-,65-,74?,75?/m0/s1. The van der Waals surface area contributed by atoms with Gasteiger partial charge in [0.2, 0.25) is 106 Å². The van der Waals surface area contributed by atoms with Gasteiger partial charge in [0.15, 0.2) is 5.96 Å². The number of nitrogens with one attached hydrogen (secondary N) is 21. The number of para-hydroxylation sites is 1. The van der Waals surface area contributed by atoms with Crippen molar-refractivity contribution in [3.05, 3.63) is 107 Å². The van der Waals surface area contributed by atoms with Crippen LogP contribution in [0.2, 0.25) is 0 Å². The largest absolute Gasteiger partial charge is 0.508 e. The molecule has 132 heavy (non-hydrogen) atoms. The van der Waals surface area contributed by atoms with E-state index >= 15 is 0 Å². The van der Waals surface area contributed by atoms with E-state index in [1.165, 1.54) is 36.0 Å². The Hall–Kier alpha value is -13.4. The van der Waals surface area contributed by atoms with Crippen molar-refractivity contribution < 1.29 is 91.4 Å². The fourth-order valence-electron chi connectivity index (χ4n) is 13.1. The fourth-order valence-corrected chi connectivity index (χ4v) is 13.6. The van der Waals surface area contributed by atoms with Gasteiger partial charge in [-0.25, -0.2) is 0 Å². The van der Waals surface area contributed by atoms with Crippen LogP contribution >= 0.6 is 11.8 Å². The Morgan fingerprint density at radius 1 is 0.409 bits per heavy atom. The van der Waals surface area contributed by atoms with Gasteiger partial charge in [-0.15, -0.1) is 0 Å². The summed E-state index contributed by atoms with van der Waals surface area (Å²) >= 11 is 1.37. The van der Waals surface area contributed by atoms with Crippen LogP contribution in [0, 0.1) is 28.1 Å². The summed E-state index contributed by atoms with van der Waals surface area (Å²) in [5.74, 6) is -16.2. The number of rotatable bonds is 62. The Labute approximate surface area is 769 Å². The molecular weight excluding hydrogens is 1740 g/mol. The van der Waals surface area contributed by atoms with Crippen LogP contribution in [0.15, 0.2) is 90.2 Å². The van der Waals surface area contributed by atoms with E-state index < -0.39 is 237 Å². The minimum absolute atomic E-state index is 0.00382. The first-order valence-corrected chi connectivity index (χ1v) is 45.1. The number of phenols is 1. The molecule has 0 saturated carbocycles. The lowest BCUT2D eigenvalue weighted by Gasteiger charge is -2.28. The maximum absolute atomic E-state index is 14.7. The third kappa shape index (κ3) is 42.9. The number of carbonyl (C=O) groups excluding carboxylic acids is 18. The van der Waals surface area contributed by atoms with E-state index in [1.54, 1.807) is 70.5 Å². The highest BCUT2D eigenvalue weighted by atomic mass is 32.2. The summed E-state index contributed by atoms with van der Waals surface area (Å²) in [6.45, 7) is 6.93. The lowest BCUT2D eigenvalue weighted by molar-refractivity contribution is -0.135.